The molecule has 0 aliphatic heterocycles. The Labute approximate surface area is 90.7 Å². The highest BCUT2D eigenvalue weighted by atomic mass is 16.5. The van der Waals surface area contributed by atoms with Gasteiger partial charge in [-0.15, -0.1) is 0 Å². The molecule has 0 bridgehead atoms. The van der Waals surface area contributed by atoms with Crippen LogP contribution in [-0.2, 0) is 6.54 Å². The summed E-state index contributed by atoms with van der Waals surface area (Å²) >= 11 is 0. The van der Waals surface area contributed by atoms with Gasteiger partial charge in [-0.2, -0.15) is 0 Å². The summed E-state index contributed by atoms with van der Waals surface area (Å²) in [5.74, 6) is 1.46. The molecule has 1 fully saturated rings. The maximum atomic E-state index is 5.72. The lowest BCUT2D eigenvalue weighted by Gasteiger charge is -2.25. The summed E-state index contributed by atoms with van der Waals surface area (Å²) in [7, 11) is 0. The maximum Gasteiger partial charge on any atom is 0.218 e. The quantitative estimate of drug-likeness (QED) is 0.820. The van der Waals surface area contributed by atoms with E-state index in [9.17, 15) is 0 Å². The highest BCUT2D eigenvalue weighted by Crippen LogP contribution is 2.27. The third-order valence-corrected chi connectivity index (χ3v) is 2.98. The largest absolute Gasteiger partial charge is 0.477 e. The Morgan fingerprint density at radius 1 is 1.47 bits per heavy atom. The highest BCUT2D eigenvalue weighted by Gasteiger charge is 2.18. The molecule has 0 aromatic carbocycles. The summed E-state index contributed by atoms with van der Waals surface area (Å²) in [5, 5.41) is 0. The minimum absolute atomic E-state index is 0.493. The number of aryl methyl sites for hydroxylation is 1. The third kappa shape index (κ3) is 2.48. The zero-order valence-electron chi connectivity index (χ0n) is 9.20. The van der Waals surface area contributed by atoms with Crippen molar-refractivity contribution in [2.45, 2.75) is 32.7 Å². The van der Waals surface area contributed by atoms with Gasteiger partial charge in [0.25, 0.3) is 0 Å². The summed E-state index contributed by atoms with van der Waals surface area (Å²) in [6.07, 6.45) is 3.94. The third-order valence-electron chi connectivity index (χ3n) is 2.98. The van der Waals surface area contributed by atoms with Crippen molar-refractivity contribution in [2.24, 2.45) is 11.7 Å². The fourth-order valence-electron chi connectivity index (χ4n) is 1.70. The van der Waals surface area contributed by atoms with Crippen molar-refractivity contribution in [2.75, 3.05) is 6.61 Å². The van der Waals surface area contributed by atoms with Crippen molar-refractivity contribution >= 4 is 0 Å². The van der Waals surface area contributed by atoms with Crippen LogP contribution >= 0.6 is 0 Å². The van der Waals surface area contributed by atoms with E-state index in [4.69, 9.17) is 10.5 Å². The van der Waals surface area contributed by atoms with E-state index >= 15 is 0 Å². The minimum Gasteiger partial charge on any atom is -0.477 e. The van der Waals surface area contributed by atoms with Crippen molar-refractivity contribution in [1.29, 1.82) is 0 Å². The summed E-state index contributed by atoms with van der Waals surface area (Å²) < 4.78 is 5.72. The molecule has 1 aliphatic carbocycles. The molecule has 0 saturated heterocycles. The number of aromatic nitrogens is 1. The lowest BCUT2D eigenvalue weighted by Crippen LogP contribution is -2.20. The molecule has 2 N–H and O–H groups in total. The van der Waals surface area contributed by atoms with E-state index in [0.29, 0.717) is 6.54 Å². The Bertz CT molecular complexity index is 334. The van der Waals surface area contributed by atoms with Gasteiger partial charge < -0.3 is 10.5 Å². The molecule has 0 unspecified atom stereocenters. The predicted molar refractivity (Wildman–Crippen MR) is 59.7 cm³/mol. The van der Waals surface area contributed by atoms with Crippen LogP contribution in [0.5, 0.6) is 5.88 Å². The Hall–Kier alpha value is -1.09. The minimum atomic E-state index is 0.493. The fraction of sp³-hybridized carbons (Fsp3) is 0.583. The highest BCUT2D eigenvalue weighted by molar-refractivity contribution is 5.27. The molecule has 2 rings (SSSR count). The first kappa shape index (κ1) is 10.4. The molecule has 1 aliphatic rings. The van der Waals surface area contributed by atoms with Crippen molar-refractivity contribution in [3.05, 3.63) is 23.4 Å². The Morgan fingerprint density at radius 3 is 2.87 bits per heavy atom. The summed E-state index contributed by atoms with van der Waals surface area (Å²) in [5.41, 5.74) is 7.62. The first-order chi connectivity index (χ1) is 7.29. The topological polar surface area (TPSA) is 48.1 Å². The van der Waals surface area contributed by atoms with Crippen molar-refractivity contribution in [1.82, 2.24) is 4.98 Å². The molecular weight excluding hydrogens is 188 g/mol. The lowest BCUT2D eigenvalue weighted by atomic mass is 9.86. The lowest BCUT2D eigenvalue weighted by molar-refractivity contribution is 0.174. The first-order valence-corrected chi connectivity index (χ1v) is 5.59. The Morgan fingerprint density at radius 2 is 2.27 bits per heavy atom. The molecule has 1 heterocycles. The van der Waals surface area contributed by atoms with Crippen molar-refractivity contribution < 1.29 is 4.74 Å². The van der Waals surface area contributed by atoms with Crippen LogP contribution in [0.2, 0.25) is 0 Å². The number of nitrogens with zero attached hydrogens (tertiary/aromatic N) is 1. The number of nitrogens with two attached hydrogens (primary N) is 1. The van der Waals surface area contributed by atoms with Gasteiger partial charge in [0.05, 0.1) is 6.61 Å². The Kier molecular flexibility index (Phi) is 3.21. The average Bonchev–Trinajstić information content (AvgIpc) is 2.16. The van der Waals surface area contributed by atoms with E-state index in [1.54, 1.807) is 0 Å². The molecule has 0 spiro atoms. The maximum absolute atomic E-state index is 5.72. The van der Waals surface area contributed by atoms with Gasteiger partial charge in [0.2, 0.25) is 5.88 Å². The molecule has 15 heavy (non-hydrogen) atoms. The fourth-order valence-corrected chi connectivity index (χ4v) is 1.70. The molecule has 82 valence electrons. The molecule has 3 heteroatoms. The number of hydrogen-bond donors (Lipinski definition) is 1. The van der Waals surface area contributed by atoms with Gasteiger partial charge in [0.1, 0.15) is 0 Å². The van der Waals surface area contributed by atoms with E-state index in [1.807, 2.05) is 19.1 Å². The first-order valence-electron chi connectivity index (χ1n) is 5.59. The van der Waals surface area contributed by atoms with Gasteiger partial charge in [-0.1, -0.05) is 12.5 Å². The smallest absolute Gasteiger partial charge is 0.218 e. The van der Waals surface area contributed by atoms with Gasteiger partial charge in [0, 0.05) is 17.8 Å². The normalized spacial score (nSPS) is 16.1. The molecule has 1 aromatic heterocycles. The molecular formula is C12H18N2O. The van der Waals surface area contributed by atoms with Crippen LogP contribution in [0.25, 0.3) is 0 Å². The molecule has 1 aromatic rings. The van der Waals surface area contributed by atoms with E-state index in [2.05, 4.69) is 4.98 Å². The van der Waals surface area contributed by atoms with Gasteiger partial charge in [0.15, 0.2) is 0 Å². The van der Waals surface area contributed by atoms with Crippen LogP contribution < -0.4 is 10.5 Å². The van der Waals surface area contributed by atoms with Crippen LogP contribution in [0, 0.1) is 12.8 Å². The van der Waals surface area contributed by atoms with Gasteiger partial charge in [-0.05, 0) is 31.7 Å². The van der Waals surface area contributed by atoms with Crippen LogP contribution in [0.1, 0.15) is 30.5 Å². The number of rotatable bonds is 4. The van der Waals surface area contributed by atoms with E-state index in [-0.39, 0.29) is 0 Å². The predicted octanol–water partition coefficient (Wildman–Crippen LogP) is 2.03. The van der Waals surface area contributed by atoms with Crippen molar-refractivity contribution in [3.63, 3.8) is 0 Å². The Balaban J connectivity index is 2.00. The monoisotopic (exact) mass is 206 g/mol. The van der Waals surface area contributed by atoms with Gasteiger partial charge in [-0.25, -0.2) is 4.98 Å². The van der Waals surface area contributed by atoms with E-state index < -0.39 is 0 Å². The van der Waals surface area contributed by atoms with Crippen LogP contribution in [0.3, 0.4) is 0 Å². The summed E-state index contributed by atoms with van der Waals surface area (Å²) in [6.45, 7) is 3.26. The second-order valence-electron chi connectivity index (χ2n) is 4.23. The molecule has 1 saturated carbocycles. The number of hydrogen-bond acceptors (Lipinski definition) is 3. The summed E-state index contributed by atoms with van der Waals surface area (Å²) in [4.78, 5) is 4.37. The zero-order chi connectivity index (χ0) is 10.7. The number of ether oxygens (including phenoxy) is 1. The molecule has 0 radical (unpaired) electrons. The van der Waals surface area contributed by atoms with Crippen LogP contribution in [0.15, 0.2) is 12.1 Å². The average molecular weight is 206 g/mol. The van der Waals surface area contributed by atoms with Crippen LogP contribution in [-0.4, -0.2) is 11.6 Å². The van der Waals surface area contributed by atoms with Gasteiger partial charge in [-0.3, -0.25) is 0 Å². The molecule has 3 nitrogen and oxygen atoms in total. The van der Waals surface area contributed by atoms with E-state index in [1.165, 1.54) is 19.3 Å². The van der Waals surface area contributed by atoms with Crippen LogP contribution in [0.4, 0.5) is 0 Å². The molecule has 0 amide bonds. The zero-order valence-corrected chi connectivity index (χ0v) is 9.20. The second kappa shape index (κ2) is 4.62. The standard InChI is InChI=1S/C12H18N2O/c1-9-5-6-11(7-13)12(14-9)15-8-10-3-2-4-10/h5-6,10H,2-4,7-8,13H2,1H3. The second-order valence-corrected chi connectivity index (χ2v) is 4.23. The van der Waals surface area contributed by atoms with Crippen molar-refractivity contribution in [3.8, 4) is 5.88 Å². The van der Waals surface area contributed by atoms with Gasteiger partial charge >= 0.3 is 0 Å². The SMILES string of the molecule is Cc1ccc(CN)c(OCC2CCC2)n1. The summed E-state index contributed by atoms with van der Waals surface area (Å²) in [6, 6.07) is 3.97. The molecule has 0 atom stereocenters. The van der Waals surface area contributed by atoms with E-state index in [0.717, 1.165) is 29.7 Å². The number of pyridine rings is 1.